The van der Waals surface area contributed by atoms with E-state index in [1.807, 2.05) is 0 Å². The Kier molecular flexibility index (Phi) is 5.52. The standard InChI is InChI=1S/C19H16Cl2N2O4S/c1-11-6-4-5-7-16(11)28(25,26)27-19-17(12(2)22-23(19)3)18(24)14-9-8-13(20)10-15(14)21/h4-10H,1-3H3. The van der Waals surface area contributed by atoms with Crippen LogP contribution in [0.25, 0.3) is 0 Å². The van der Waals surface area contributed by atoms with Crippen molar-refractivity contribution in [1.82, 2.24) is 9.78 Å². The molecule has 28 heavy (non-hydrogen) atoms. The molecule has 0 saturated heterocycles. The second-order valence-electron chi connectivity index (χ2n) is 6.15. The van der Waals surface area contributed by atoms with E-state index in [9.17, 15) is 13.2 Å². The number of carbonyl (C=O) groups excluding carboxylic acids is 1. The third-order valence-electron chi connectivity index (χ3n) is 4.12. The molecule has 0 bridgehead atoms. The Morgan fingerprint density at radius 2 is 1.79 bits per heavy atom. The van der Waals surface area contributed by atoms with Gasteiger partial charge in [0.2, 0.25) is 11.7 Å². The first-order chi connectivity index (χ1) is 13.1. The molecular formula is C19H16Cl2N2O4S. The van der Waals surface area contributed by atoms with E-state index in [1.165, 1.54) is 36.0 Å². The fourth-order valence-corrected chi connectivity index (χ4v) is 4.48. The van der Waals surface area contributed by atoms with Gasteiger partial charge in [-0.15, -0.1) is 0 Å². The van der Waals surface area contributed by atoms with Crippen molar-refractivity contribution in [2.45, 2.75) is 18.7 Å². The van der Waals surface area contributed by atoms with E-state index in [2.05, 4.69) is 5.10 Å². The number of rotatable bonds is 5. The molecule has 0 aliphatic heterocycles. The van der Waals surface area contributed by atoms with Gasteiger partial charge in [0.1, 0.15) is 10.5 Å². The topological polar surface area (TPSA) is 78.3 Å². The molecule has 146 valence electrons. The Morgan fingerprint density at radius 1 is 1.11 bits per heavy atom. The summed E-state index contributed by atoms with van der Waals surface area (Å²) >= 11 is 12.0. The number of hydrogen-bond acceptors (Lipinski definition) is 5. The van der Waals surface area contributed by atoms with E-state index in [0.717, 1.165) is 0 Å². The van der Waals surface area contributed by atoms with Crippen LogP contribution in [0.4, 0.5) is 0 Å². The molecule has 0 spiro atoms. The zero-order valence-electron chi connectivity index (χ0n) is 15.2. The highest BCUT2D eigenvalue weighted by Crippen LogP contribution is 2.31. The molecule has 0 aliphatic carbocycles. The van der Waals surface area contributed by atoms with Crippen molar-refractivity contribution in [1.29, 1.82) is 0 Å². The third kappa shape index (κ3) is 3.78. The second kappa shape index (κ2) is 7.58. The summed E-state index contributed by atoms with van der Waals surface area (Å²) in [6.07, 6.45) is 0. The molecule has 6 nitrogen and oxygen atoms in total. The van der Waals surface area contributed by atoms with Crippen LogP contribution in [0.2, 0.25) is 10.0 Å². The van der Waals surface area contributed by atoms with E-state index in [1.54, 1.807) is 32.0 Å². The molecule has 0 aliphatic rings. The van der Waals surface area contributed by atoms with Gasteiger partial charge < -0.3 is 4.18 Å². The average Bonchev–Trinajstić information content (AvgIpc) is 2.87. The summed E-state index contributed by atoms with van der Waals surface area (Å²) in [5.74, 6) is -0.695. The third-order valence-corrected chi connectivity index (χ3v) is 6.05. The van der Waals surface area contributed by atoms with Crippen LogP contribution < -0.4 is 4.18 Å². The van der Waals surface area contributed by atoms with Gasteiger partial charge in [0.15, 0.2) is 0 Å². The first-order valence-corrected chi connectivity index (χ1v) is 10.3. The summed E-state index contributed by atoms with van der Waals surface area (Å²) in [5.41, 5.74) is 1.02. The lowest BCUT2D eigenvalue weighted by Gasteiger charge is -2.11. The zero-order valence-corrected chi connectivity index (χ0v) is 17.6. The van der Waals surface area contributed by atoms with Gasteiger partial charge in [-0.25, -0.2) is 4.68 Å². The van der Waals surface area contributed by atoms with Gasteiger partial charge in [-0.05, 0) is 43.7 Å². The smallest absolute Gasteiger partial charge is 0.340 e. The van der Waals surface area contributed by atoms with Crippen LogP contribution in [0.15, 0.2) is 47.4 Å². The number of halogens is 2. The lowest BCUT2D eigenvalue weighted by Crippen LogP contribution is -2.15. The molecule has 2 aromatic carbocycles. The molecule has 0 amide bonds. The van der Waals surface area contributed by atoms with Crippen LogP contribution in [0.1, 0.15) is 27.2 Å². The summed E-state index contributed by atoms with van der Waals surface area (Å²) in [6.45, 7) is 3.24. The Morgan fingerprint density at radius 3 is 2.43 bits per heavy atom. The number of carbonyl (C=O) groups is 1. The molecule has 3 rings (SSSR count). The van der Waals surface area contributed by atoms with Gasteiger partial charge in [-0.3, -0.25) is 4.79 Å². The molecule has 0 fully saturated rings. The van der Waals surface area contributed by atoms with Crippen molar-refractivity contribution in [2.24, 2.45) is 7.05 Å². The van der Waals surface area contributed by atoms with Crippen molar-refractivity contribution in [2.75, 3.05) is 0 Å². The molecule has 0 radical (unpaired) electrons. The first-order valence-electron chi connectivity index (χ1n) is 8.15. The zero-order chi connectivity index (χ0) is 20.6. The van der Waals surface area contributed by atoms with E-state index in [0.29, 0.717) is 16.3 Å². The fourth-order valence-electron chi connectivity index (χ4n) is 2.79. The van der Waals surface area contributed by atoms with Crippen LogP contribution in [0.3, 0.4) is 0 Å². The Labute approximate surface area is 172 Å². The van der Waals surface area contributed by atoms with Gasteiger partial charge >= 0.3 is 10.1 Å². The Hall–Kier alpha value is -2.35. The predicted octanol–water partition coefficient (Wildman–Crippen LogP) is 4.34. The quantitative estimate of drug-likeness (QED) is 0.437. The largest absolute Gasteiger partial charge is 0.358 e. The van der Waals surface area contributed by atoms with Crippen molar-refractivity contribution in [3.63, 3.8) is 0 Å². The van der Waals surface area contributed by atoms with Gasteiger partial charge in [-0.2, -0.15) is 13.5 Å². The predicted molar refractivity (Wildman–Crippen MR) is 107 cm³/mol. The van der Waals surface area contributed by atoms with Crippen LogP contribution in [0, 0.1) is 13.8 Å². The minimum absolute atomic E-state index is 0.0109. The lowest BCUT2D eigenvalue weighted by atomic mass is 10.0. The van der Waals surface area contributed by atoms with E-state index in [4.69, 9.17) is 27.4 Å². The molecule has 3 aromatic rings. The molecular weight excluding hydrogens is 423 g/mol. The van der Waals surface area contributed by atoms with E-state index < -0.39 is 15.9 Å². The van der Waals surface area contributed by atoms with Crippen LogP contribution >= 0.6 is 23.2 Å². The monoisotopic (exact) mass is 438 g/mol. The second-order valence-corrected chi connectivity index (χ2v) is 8.50. The highest BCUT2D eigenvalue weighted by molar-refractivity contribution is 7.87. The van der Waals surface area contributed by atoms with Crippen molar-refractivity contribution in [3.8, 4) is 5.88 Å². The summed E-state index contributed by atoms with van der Waals surface area (Å²) in [5, 5.41) is 4.67. The summed E-state index contributed by atoms with van der Waals surface area (Å²) in [7, 11) is -2.68. The number of hydrogen-bond donors (Lipinski definition) is 0. The number of aryl methyl sites for hydroxylation is 3. The molecule has 0 N–H and O–H groups in total. The Balaban J connectivity index is 2.09. The van der Waals surface area contributed by atoms with Gasteiger partial charge in [0.05, 0.1) is 10.7 Å². The number of benzene rings is 2. The van der Waals surface area contributed by atoms with Gasteiger partial charge in [0.25, 0.3) is 0 Å². The van der Waals surface area contributed by atoms with Crippen molar-refractivity contribution < 1.29 is 17.4 Å². The fraction of sp³-hybridized carbons (Fsp3) is 0.158. The van der Waals surface area contributed by atoms with Crippen LogP contribution in [0.5, 0.6) is 5.88 Å². The maximum Gasteiger partial charge on any atom is 0.340 e. The summed E-state index contributed by atoms with van der Waals surface area (Å²) in [6, 6.07) is 10.8. The van der Waals surface area contributed by atoms with Crippen molar-refractivity contribution >= 4 is 39.1 Å². The number of nitrogens with zero attached hydrogens (tertiary/aromatic N) is 2. The molecule has 9 heteroatoms. The van der Waals surface area contributed by atoms with Crippen LogP contribution in [-0.2, 0) is 17.2 Å². The van der Waals surface area contributed by atoms with E-state index >= 15 is 0 Å². The van der Waals surface area contributed by atoms with E-state index in [-0.39, 0.29) is 26.9 Å². The maximum atomic E-state index is 13.1. The summed E-state index contributed by atoms with van der Waals surface area (Å²) < 4.78 is 32.1. The Bertz CT molecular complexity index is 1190. The number of aromatic nitrogens is 2. The first kappa shape index (κ1) is 20.4. The van der Waals surface area contributed by atoms with Crippen molar-refractivity contribution in [3.05, 3.63) is 74.9 Å². The lowest BCUT2D eigenvalue weighted by molar-refractivity contribution is 0.103. The molecule has 0 unspecified atom stereocenters. The normalized spacial score (nSPS) is 11.5. The molecule has 0 atom stereocenters. The van der Waals surface area contributed by atoms with Gasteiger partial charge in [-0.1, -0.05) is 41.4 Å². The molecule has 1 heterocycles. The molecule has 1 aromatic heterocycles. The highest BCUT2D eigenvalue weighted by Gasteiger charge is 2.29. The summed E-state index contributed by atoms with van der Waals surface area (Å²) in [4.78, 5) is 13.1. The minimum atomic E-state index is -4.18. The van der Waals surface area contributed by atoms with Gasteiger partial charge in [0, 0.05) is 17.6 Å². The average molecular weight is 439 g/mol. The highest BCUT2D eigenvalue weighted by atomic mass is 35.5. The minimum Gasteiger partial charge on any atom is -0.358 e. The van der Waals surface area contributed by atoms with Crippen LogP contribution in [-0.4, -0.2) is 24.0 Å². The molecule has 0 saturated carbocycles. The SMILES string of the molecule is Cc1ccccc1S(=O)(=O)Oc1c(C(=O)c2ccc(Cl)cc2Cl)c(C)nn1C. The number of ketones is 1. The maximum absolute atomic E-state index is 13.1.